The summed E-state index contributed by atoms with van der Waals surface area (Å²) in [5, 5.41) is 10.1. The van der Waals surface area contributed by atoms with E-state index in [1.807, 2.05) is 13.8 Å². The average molecular weight is 656 g/mol. The number of ether oxygens (including phenoxy) is 3. The van der Waals surface area contributed by atoms with E-state index in [0.29, 0.717) is 24.5 Å². The number of carbonyl (C=O) groups is 1. The molecule has 0 unspecified atom stereocenters. The molecule has 0 aliphatic carbocycles. The molecule has 1 aliphatic heterocycles. The summed E-state index contributed by atoms with van der Waals surface area (Å²) in [5.74, 6) is 0.00733. The van der Waals surface area contributed by atoms with Crippen molar-refractivity contribution in [2.75, 3.05) is 51.4 Å². The third-order valence-electron chi connectivity index (χ3n) is 7.68. The zero-order valence-corrected chi connectivity index (χ0v) is 27.9. The zero-order chi connectivity index (χ0) is 32.7. The summed E-state index contributed by atoms with van der Waals surface area (Å²) in [5.41, 5.74) is 0.285. The number of nitrogens with zero attached hydrogens (tertiary/aromatic N) is 2. The van der Waals surface area contributed by atoms with Crippen LogP contribution in [0.15, 0.2) is 47.4 Å². The fraction of sp³-hybridized carbons (Fsp3) is 0.567. The van der Waals surface area contributed by atoms with Gasteiger partial charge in [0.25, 0.3) is 15.9 Å². The van der Waals surface area contributed by atoms with Gasteiger partial charge in [0, 0.05) is 38.3 Å². The lowest BCUT2D eigenvalue weighted by molar-refractivity contribution is -0.00828. The quantitative estimate of drug-likeness (QED) is 0.415. The number of anilines is 1. The predicted octanol–water partition coefficient (Wildman–Crippen LogP) is 3.18. The molecular weight excluding hydrogens is 610 g/mol. The van der Waals surface area contributed by atoms with Crippen molar-refractivity contribution < 1.29 is 40.9 Å². The maximum absolute atomic E-state index is 14.2. The summed E-state index contributed by atoms with van der Waals surface area (Å²) in [7, 11) is -4.49. The lowest BCUT2D eigenvalue weighted by atomic mass is 10.0. The van der Waals surface area contributed by atoms with Crippen molar-refractivity contribution in [2.24, 2.45) is 5.92 Å². The number of likely N-dealkylation sites (N-methyl/N-ethyl adjacent to an activating group) is 1. The fourth-order valence-electron chi connectivity index (χ4n) is 4.81. The van der Waals surface area contributed by atoms with Crippen LogP contribution in [0.2, 0.25) is 0 Å². The fourth-order valence-corrected chi connectivity index (χ4v) is 6.27. The smallest absolute Gasteiger partial charge is 0.261 e. The van der Waals surface area contributed by atoms with Crippen LogP contribution in [0.3, 0.4) is 0 Å². The number of nitrogens with one attached hydrogen (secondary N) is 1. The van der Waals surface area contributed by atoms with E-state index in [-0.39, 0.29) is 47.9 Å². The van der Waals surface area contributed by atoms with Gasteiger partial charge in [-0.2, -0.15) is 0 Å². The molecule has 0 saturated heterocycles. The molecular formula is C30H45N3O9S2. The Balaban J connectivity index is 2.02. The molecule has 2 aromatic rings. The van der Waals surface area contributed by atoms with Gasteiger partial charge in [0.2, 0.25) is 10.0 Å². The molecule has 0 bridgehead atoms. The molecule has 12 nitrogen and oxygen atoms in total. The number of aliphatic hydroxyl groups is 1. The highest BCUT2D eigenvalue weighted by Gasteiger charge is 2.31. The molecule has 0 spiro atoms. The van der Waals surface area contributed by atoms with Gasteiger partial charge in [-0.05, 0) is 75.6 Å². The van der Waals surface area contributed by atoms with Crippen molar-refractivity contribution in [3.8, 4) is 11.5 Å². The van der Waals surface area contributed by atoms with Crippen molar-refractivity contribution in [1.82, 2.24) is 9.21 Å². The number of hydrogen-bond acceptors (Lipinski definition) is 9. The van der Waals surface area contributed by atoms with E-state index in [0.717, 1.165) is 19.1 Å². The van der Waals surface area contributed by atoms with Crippen molar-refractivity contribution in [3.63, 3.8) is 0 Å². The normalized spacial score (nSPS) is 21.6. The zero-order valence-electron chi connectivity index (χ0n) is 26.2. The van der Waals surface area contributed by atoms with E-state index in [4.69, 9.17) is 14.2 Å². The minimum absolute atomic E-state index is 0.0176. The first-order valence-corrected chi connectivity index (χ1v) is 17.9. The largest absolute Gasteiger partial charge is 0.497 e. The number of methoxy groups -OCH3 is 1. The van der Waals surface area contributed by atoms with E-state index in [1.165, 1.54) is 59.8 Å². The van der Waals surface area contributed by atoms with Gasteiger partial charge in [-0.1, -0.05) is 6.92 Å². The molecule has 0 aromatic heterocycles. The lowest BCUT2D eigenvalue weighted by Gasteiger charge is -2.35. The van der Waals surface area contributed by atoms with E-state index >= 15 is 0 Å². The highest BCUT2D eigenvalue weighted by atomic mass is 32.2. The van der Waals surface area contributed by atoms with Crippen LogP contribution in [-0.2, 0) is 24.8 Å². The van der Waals surface area contributed by atoms with E-state index < -0.39 is 38.1 Å². The third-order valence-corrected chi connectivity index (χ3v) is 10.4. The van der Waals surface area contributed by atoms with E-state index in [9.17, 15) is 26.7 Å². The van der Waals surface area contributed by atoms with Crippen LogP contribution in [0, 0.1) is 5.92 Å². The van der Waals surface area contributed by atoms with Crippen molar-refractivity contribution >= 4 is 31.6 Å². The standard InChI is InChI=1S/C30H45N3O9S2/c1-21-18-33(22(2)20-34)30(35)27-17-24(31-44(38,39)26-13-11-25(40-5)12-14-26)10-15-28(27)42-23(3)9-7-8-16-41-29(21)19-32(4)43(6,36)37/h10-15,17,21-23,29,31,34H,7-9,16,18-20H2,1-6H3/t21-,22+,23+,29-/m0/s1. The number of sulfonamides is 2. The van der Waals surface area contributed by atoms with Crippen LogP contribution in [0.1, 0.15) is 50.4 Å². The number of aliphatic hydroxyl groups excluding tert-OH is 1. The minimum Gasteiger partial charge on any atom is -0.497 e. The highest BCUT2D eigenvalue weighted by molar-refractivity contribution is 7.92. The molecule has 0 fully saturated rings. The highest BCUT2D eigenvalue weighted by Crippen LogP contribution is 2.30. The molecule has 0 saturated carbocycles. The third kappa shape index (κ3) is 9.54. The van der Waals surface area contributed by atoms with Crippen molar-refractivity contribution in [3.05, 3.63) is 48.0 Å². The van der Waals surface area contributed by atoms with Gasteiger partial charge in [0.05, 0.1) is 48.7 Å². The van der Waals surface area contributed by atoms with Crippen LogP contribution in [0.5, 0.6) is 11.5 Å². The second-order valence-corrected chi connectivity index (χ2v) is 15.1. The predicted molar refractivity (Wildman–Crippen MR) is 168 cm³/mol. The molecule has 1 aliphatic rings. The average Bonchev–Trinajstić information content (AvgIpc) is 2.97. The van der Waals surface area contributed by atoms with Crippen LogP contribution >= 0.6 is 0 Å². The first-order valence-electron chi connectivity index (χ1n) is 14.6. The summed E-state index contributed by atoms with van der Waals surface area (Å²) < 4.78 is 71.9. The van der Waals surface area contributed by atoms with Gasteiger partial charge < -0.3 is 24.2 Å². The Morgan fingerprint density at radius 1 is 1.11 bits per heavy atom. The number of rotatable bonds is 9. The first-order chi connectivity index (χ1) is 20.7. The van der Waals surface area contributed by atoms with Crippen LogP contribution in [0.25, 0.3) is 0 Å². The second-order valence-electron chi connectivity index (χ2n) is 11.3. The molecule has 44 heavy (non-hydrogen) atoms. The van der Waals surface area contributed by atoms with Crippen LogP contribution in [-0.4, -0.2) is 102 Å². The monoisotopic (exact) mass is 655 g/mol. The summed E-state index contributed by atoms with van der Waals surface area (Å²) in [6.07, 6.45) is 2.53. The van der Waals surface area contributed by atoms with Gasteiger partial charge in [-0.3, -0.25) is 9.52 Å². The molecule has 4 atom stereocenters. The van der Waals surface area contributed by atoms with Gasteiger partial charge >= 0.3 is 0 Å². The summed E-state index contributed by atoms with van der Waals surface area (Å²) in [6, 6.07) is 9.84. The number of benzene rings is 2. The number of hydrogen-bond donors (Lipinski definition) is 2. The SMILES string of the molecule is COc1ccc(S(=O)(=O)Nc2ccc3c(c2)C(=O)N([C@H](C)CO)C[C@H](C)[C@H](CN(C)S(C)(=O)=O)OCCCC[C@@H](C)O3)cc1. The Kier molecular flexibility index (Phi) is 12.4. The molecule has 1 heterocycles. The van der Waals surface area contributed by atoms with Gasteiger partial charge in [-0.15, -0.1) is 0 Å². The lowest BCUT2D eigenvalue weighted by Crippen LogP contribution is -2.47. The van der Waals surface area contributed by atoms with Gasteiger partial charge in [0.1, 0.15) is 11.5 Å². The van der Waals surface area contributed by atoms with E-state index in [1.54, 1.807) is 13.0 Å². The topological polar surface area (TPSA) is 152 Å². The number of carbonyl (C=O) groups excluding carboxylic acids is 1. The summed E-state index contributed by atoms with van der Waals surface area (Å²) in [6.45, 7) is 5.78. The number of amides is 1. The minimum atomic E-state index is -4.00. The van der Waals surface area contributed by atoms with Crippen molar-refractivity contribution in [1.29, 1.82) is 0 Å². The molecule has 246 valence electrons. The Morgan fingerprint density at radius 3 is 2.41 bits per heavy atom. The molecule has 2 N–H and O–H groups in total. The Labute approximate surface area is 261 Å². The summed E-state index contributed by atoms with van der Waals surface area (Å²) >= 11 is 0. The Bertz CT molecular complexity index is 1470. The first kappa shape index (κ1) is 35.6. The van der Waals surface area contributed by atoms with Gasteiger partial charge in [0.15, 0.2) is 0 Å². The molecule has 2 aromatic carbocycles. The molecule has 1 amide bonds. The number of fused-ring (bicyclic) bond motifs is 1. The van der Waals surface area contributed by atoms with Crippen LogP contribution in [0.4, 0.5) is 5.69 Å². The maximum atomic E-state index is 14.2. The van der Waals surface area contributed by atoms with Crippen molar-refractivity contribution in [2.45, 2.75) is 63.2 Å². The maximum Gasteiger partial charge on any atom is 0.261 e. The molecule has 14 heteroatoms. The molecule has 3 rings (SSSR count). The Morgan fingerprint density at radius 2 is 1.80 bits per heavy atom. The summed E-state index contributed by atoms with van der Waals surface area (Å²) in [4.78, 5) is 15.7. The second kappa shape index (κ2) is 15.4. The van der Waals surface area contributed by atoms with E-state index in [2.05, 4.69) is 4.72 Å². The van der Waals surface area contributed by atoms with Crippen LogP contribution < -0.4 is 14.2 Å². The Hall–Kier alpha value is -2.91. The molecule has 0 radical (unpaired) electrons. The van der Waals surface area contributed by atoms with Gasteiger partial charge in [-0.25, -0.2) is 21.1 Å².